The molecule has 2 saturated heterocycles. The van der Waals surface area contributed by atoms with Gasteiger partial charge in [0.05, 0.1) is 0 Å². The minimum Gasteiger partial charge on any atom is -0.306 e. The van der Waals surface area contributed by atoms with E-state index in [1.807, 2.05) is 0 Å². The average Bonchev–Trinajstić information content (AvgIpc) is 2.45. The molecule has 1 saturated carbocycles. The van der Waals surface area contributed by atoms with Crippen LogP contribution in [0.3, 0.4) is 0 Å². The normalized spacial score (nSPS) is 43.9. The summed E-state index contributed by atoms with van der Waals surface area (Å²) in [6.45, 7) is 6.89. The Hall–Kier alpha value is -0.0800. The molecule has 0 amide bonds. The van der Waals surface area contributed by atoms with E-state index >= 15 is 0 Å². The van der Waals surface area contributed by atoms with E-state index in [2.05, 4.69) is 16.8 Å². The lowest BCUT2D eigenvalue weighted by Gasteiger charge is -2.50. The van der Waals surface area contributed by atoms with Crippen molar-refractivity contribution in [2.75, 3.05) is 39.8 Å². The third-order valence-electron chi connectivity index (χ3n) is 4.86. The van der Waals surface area contributed by atoms with Crippen LogP contribution in [0.2, 0.25) is 0 Å². The van der Waals surface area contributed by atoms with E-state index in [-0.39, 0.29) is 0 Å². The topological polar surface area (TPSA) is 6.48 Å². The molecule has 2 heterocycles. The summed E-state index contributed by atoms with van der Waals surface area (Å²) in [7, 11) is 2.29. The predicted molar refractivity (Wildman–Crippen MR) is 58.3 cm³/mol. The molecule has 0 radical (unpaired) electrons. The molecule has 2 aliphatic heterocycles. The fourth-order valence-electron chi connectivity index (χ4n) is 3.56. The highest BCUT2D eigenvalue weighted by molar-refractivity contribution is 5.02. The van der Waals surface area contributed by atoms with Crippen molar-refractivity contribution in [2.24, 2.45) is 11.3 Å². The third-order valence-corrected chi connectivity index (χ3v) is 4.86. The largest absolute Gasteiger partial charge is 0.306 e. The van der Waals surface area contributed by atoms with Gasteiger partial charge in [0.1, 0.15) is 0 Å². The molecule has 0 aromatic rings. The van der Waals surface area contributed by atoms with Gasteiger partial charge in [0.25, 0.3) is 0 Å². The van der Waals surface area contributed by atoms with E-state index in [0.717, 1.165) is 11.3 Å². The Balaban J connectivity index is 1.59. The van der Waals surface area contributed by atoms with Crippen LogP contribution >= 0.6 is 0 Å². The van der Waals surface area contributed by atoms with Crippen molar-refractivity contribution < 1.29 is 0 Å². The van der Waals surface area contributed by atoms with Crippen LogP contribution in [0.25, 0.3) is 0 Å². The van der Waals surface area contributed by atoms with E-state index in [9.17, 15) is 0 Å². The Bertz CT molecular complexity index is 224. The molecule has 1 aliphatic carbocycles. The zero-order valence-electron chi connectivity index (χ0n) is 9.34. The first-order valence-electron chi connectivity index (χ1n) is 6.19. The zero-order chi connectivity index (χ0) is 9.60. The summed E-state index contributed by atoms with van der Waals surface area (Å²) in [5.41, 5.74) is 0.754. The second-order valence-corrected chi connectivity index (χ2v) is 5.74. The SMILES string of the molecule is CN1CCC2(CCC2CN2CCC2)C1. The van der Waals surface area contributed by atoms with Crippen molar-refractivity contribution in [3.05, 3.63) is 0 Å². The fourth-order valence-corrected chi connectivity index (χ4v) is 3.56. The van der Waals surface area contributed by atoms with Crippen molar-refractivity contribution in [3.8, 4) is 0 Å². The van der Waals surface area contributed by atoms with E-state index < -0.39 is 0 Å². The predicted octanol–water partition coefficient (Wildman–Crippen LogP) is 1.42. The van der Waals surface area contributed by atoms with Crippen molar-refractivity contribution >= 4 is 0 Å². The second kappa shape index (κ2) is 3.21. The number of hydrogen-bond donors (Lipinski definition) is 0. The number of likely N-dealkylation sites (tertiary alicyclic amines) is 2. The van der Waals surface area contributed by atoms with Gasteiger partial charge in [-0.1, -0.05) is 0 Å². The Morgan fingerprint density at radius 2 is 2.07 bits per heavy atom. The molecule has 0 aromatic carbocycles. The quantitative estimate of drug-likeness (QED) is 0.656. The van der Waals surface area contributed by atoms with Gasteiger partial charge in [-0.3, -0.25) is 0 Å². The summed E-state index contributed by atoms with van der Waals surface area (Å²) < 4.78 is 0. The van der Waals surface area contributed by atoms with Crippen LogP contribution in [-0.2, 0) is 0 Å². The molecule has 80 valence electrons. The van der Waals surface area contributed by atoms with E-state index in [1.54, 1.807) is 0 Å². The van der Waals surface area contributed by atoms with Gasteiger partial charge in [0, 0.05) is 13.1 Å². The first-order valence-corrected chi connectivity index (χ1v) is 6.19. The lowest BCUT2D eigenvalue weighted by atomic mass is 9.59. The standard InChI is InChI=1S/C12H22N2/c1-13-8-5-12(10-13)4-3-11(12)9-14-6-2-7-14/h11H,2-10H2,1H3. The smallest absolute Gasteiger partial charge is 0.00385 e. The van der Waals surface area contributed by atoms with Crippen LogP contribution in [0.4, 0.5) is 0 Å². The highest BCUT2D eigenvalue weighted by Crippen LogP contribution is 2.52. The molecule has 3 aliphatic rings. The van der Waals surface area contributed by atoms with Gasteiger partial charge < -0.3 is 9.80 Å². The van der Waals surface area contributed by atoms with Crippen molar-refractivity contribution in [1.29, 1.82) is 0 Å². The second-order valence-electron chi connectivity index (χ2n) is 5.74. The minimum atomic E-state index is 0.754. The molecule has 3 rings (SSSR count). The summed E-state index contributed by atoms with van der Waals surface area (Å²) in [6, 6.07) is 0. The molecular weight excluding hydrogens is 172 g/mol. The zero-order valence-corrected chi connectivity index (χ0v) is 9.34. The fraction of sp³-hybridized carbons (Fsp3) is 1.00. The molecule has 2 atom stereocenters. The van der Waals surface area contributed by atoms with Gasteiger partial charge in [-0.05, 0) is 63.7 Å². The minimum absolute atomic E-state index is 0.754. The summed E-state index contributed by atoms with van der Waals surface area (Å²) in [4.78, 5) is 5.19. The molecule has 2 unspecified atom stereocenters. The van der Waals surface area contributed by atoms with Crippen LogP contribution in [0.5, 0.6) is 0 Å². The monoisotopic (exact) mass is 194 g/mol. The van der Waals surface area contributed by atoms with Gasteiger partial charge in [-0.15, -0.1) is 0 Å². The first-order chi connectivity index (χ1) is 6.78. The summed E-state index contributed by atoms with van der Waals surface area (Å²) in [5, 5.41) is 0. The number of hydrogen-bond acceptors (Lipinski definition) is 2. The van der Waals surface area contributed by atoms with Crippen molar-refractivity contribution in [2.45, 2.75) is 25.7 Å². The summed E-state index contributed by atoms with van der Waals surface area (Å²) in [5.74, 6) is 1.03. The van der Waals surface area contributed by atoms with Crippen molar-refractivity contribution in [3.63, 3.8) is 0 Å². The Morgan fingerprint density at radius 3 is 2.50 bits per heavy atom. The lowest BCUT2D eigenvalue weighted by molar-refractivity contribution is -0.00186. The first kappa shape index (κ1) is 9.17. The molecule has 2 nitrogen and oxygen atoms in total. The van der Waals surface area contributed by atoms with Crippen molar-refractivity contribution in [1.82, 2.24) is 9.80 Å². The maximum atomic E-state index is 2.66. The van der Waals surface area contributed by atoms with Gasteiger partial charge >= 0.3 is 0 Å². The molecule has 0 bridgehead atoms. The maximum Gasteiger partial charge on any atom is 0.00385 e. The van der Waals surface area contributed by atoms with E-state index in [1.165, 1.54) is 58.4 Å². The Kier molecular flexibility index (Phi) is 2.10. The number of nitrogens with zero attached hydrogens (tertiary/aromatic N) is 2. The van der Waals surface area contributed by atoms with Crippen LogP contribution in [0, 0.1) is 11.3 Å². The molecule has 14 heavy (non-hydrogen) atoms. The Labute approximate surface area is 87.3 Å². The summed E-state index contributed by atoms with van der Waals surface area (Å²) >= 11 is 0. The Morgan fingerprint density at radius 1 is 1.21 bits per heavy atom. The highest BCUT2D eigenvalue weighted by Gasteiger charge is 2.50. The molecular formula is C12H22N2. The van der Waals surface area contributed by atoms with E-state index in [4.69, 9.17) is 0 Å². The molecule has 3 fully saturated rings. The van der Waals surface area contributed by atoms with Crippen LogP contribution in [-0.4, -0.2) is 49.6 Å². The lowest BCUT2D eigenvalue weighted by Crippen LogP contribution is -2.51. The molecule has 0 aromatic heterocycles. The average molecular weight is 194 g/mol. The van der Waals surface area contributed by atoms with Crippen LogP contribution < -0.4 is 0 Å². The van der Waals surface area contributed by atoms with Gasteiger partial charge in [0.2, 0.25) is 0 Å². The van der Waals surface area contributed by atoms with Crippen LogP contribution in [0.15, 0.2) is 0 Å². The van der Waals surface area contributed by atoms with E-state index in [0.29, 0.717) is 0 Å². The van der Waals surface area contributed by atoms with Crippen LogP contribution in [0.1, 0.15) is 25.7 Å². The summed E-state index contributed by atoms with van der Waals surface area (Å²) in [6.07, 6.45) is 5.93. The highest BCUT2D eigenvalue weighted by atomic mass is 15.2. The molecule has 1 spiro atoms. The molecule has 0 N–H and O–H groups in total. The number of rotatable bonds is 2. The van der Waals surface area contributed by atoms with Gasteiger partial charge in [0.15, 0.2) is 0 Å². The maximum absolute atomic E-state index is 2.66. The third kappa shape index (κ3) is 1.31. The molecule has 2 heteroatoms. The van der Waals surface area contributed by atoms with Gasteiger partial charge in [-0.25, -0.2) is 0 Å². The van der Waals surface area contributed by atoms with Gasteiger partial charge in [-0.2, -0.15) is 0 Å².